The minimum Gasteiger partial charge on any atom is -0.0720 e. The fourth-order valence-corrected chi connectivity index (χ4v) is 3.71. The molecule has 1 heteroatoms. The Morgan fingerprint density at radius 3 is 2.40 bits per heavy atom. The summed E-state index contributed by atoms with van der Waals surface area (Å²) < 4.78 is 1.17. The van der Waals surface area contributed by atoms with Crippen LogP contribution >= 0.6 is 15.9 Å². The van der Waals surface area contributed by atoms with Gasteiger partial charge in [-0.1, -0.05) is 82.7 Å². The van der Waals surface area contributed by atoms with Gasteiger partial charge < -0.3 is 0 Å². The molecule has 0 bridgehead atoms. The van der Waals surface area contributed by atoms with Crippen LogP contribution in [0.1, 0.15) is 22.6 Å². The van der Waals surface area contributed by atoms with Gasteiger partial charge in [0.1, 0.15) is 0 Å². The van der Waals surface area contributed by atoms with Gasteiger partial charge in [-0.3, -0.25) is 0 Å². The smallest absolute Gasteiger partial charge is 0.0285 e. The van der Waals surface area contributed by atoms with Gasteiger partial charge in [0.25, 0.3) is 0 Å². The quantitative estimate of drug-likeness (QED) is 0.534. The van der Waals surface area contributed by atoms with Gasteiger partial charge in [-0.2, -0.15) is 0 Å². The summed E-state index contributed by atoms with van der Waals surface area (Å²) in [7, 11) is 0. The second-order valence-electron chi connectivity index (χ2n) is 5.15. The third-order valence-corrected chi connectivity index (χ3v) is 4.68. The molecule has 3 aromatic carbocycles. The number of allylic oxidation sites excluding steroid dienone is 1. The lowest BCUT2D eigenvalue weighted by molar-refractivity contribution is 1.06. The van der Waals surface area contributed by atoms with Crippen LogP contribution in [0.3, 0.4) is 0 Å². The van der Waals surface area contributed by atoms with E-state index < -0.39 is 0 Å². The molecule has 0 amide bonds. The summed E-state index contributed by atoms with van der Waals surface area (Å²) in [6.07, 6.45) is 4.54. The van der Waals surface area contributed by atoms with E-state index in [9.17, 15) is 0 Å². The fourth-order valence-electron chi connectivity index (χ4n) is 3.10. The van der Waals surface area contributed by atoms with Crippen molar-refractivity contribution in [1.82, 2.24) is 0 Å². The number of hydrogen-bond acceptors (Lipinski definition) is 0. The third kappa shape index (κ3) is 1.74. The van der Waals surface area contributed by atoms with Crippen molar-refractivity contribution in [2.75, 3.05) is 0 Å². The molecule has 0 heterocycles. The average Bonchev–Trinajstić information content (AvgIpc) is 2.91. The molecule has 1 unspecified atom stereocenters. The van der Waals surface area contributed by atoms with E-state index in [4.69, 9.17) is 0 Å². The van der Waals surface area contributed by atoms with E-state index >= 15 is 0 Å². The molecule has 0 radical (unpaired) electrons. The van der Waals surface area contributed by atoms with Gasteiger partial charge in [0.05, 0.1) is 0 Å². The number of halogens is 1. The van der Waals surface area contributed by atoms with Crippen molar-refractivity contribution in [3.63, 3.8) is 0 Å². The predicted octanol–water partition coefficient (Wildman–Crippen LogP) is 5.76. The molecule has 0 aromatic heterocycles. The molecule has 0 spiro atoms. The number of benzene rings is 3. The van der Waals surface area contributed by atoms with Crippen molar-refractivity contribution in [2.24, 2.45) is 0 Å². The Bertz CT molecular complexity index is 825. The lowest BCUT2D eigenvalue weighted by Gasteiger charge is -2.15. The van der Waals surface area contributed by atoms with Crippen molar-refractivity contribution in [2.45, 2.75) is 5.92 Å². The van der Waals surface area contributed by atoms with E-state index in [1.807, 2.05) is 0 Å². The van der Waals surface area contributed by atoms with E-state index in [1.54, 1.807) is 0 Å². The zero-order chi connectivity index (χ0) is 13.5. The summed E-state index contributed by atoms with van der Waals surface area (Å²) in [6, 6.07) is 21.6. The molecule has 0 fully saturated rings. The summed E-state index contributed by atoms with van der Waals surface area (Å²) in [4.78, 5) is 0. The minimum absolute atomic E-state index is 0.355. The standard InChI is InChI=1S/C19H13Br/c20-18-10-4-7-14-6-3-9-17(19(14)18)16-12-11-13-5-1-2-8-15(13)16/h1-12,16H. The minimum atomic E-state index is 0.355. The molecule has 1 atom stereocenters. The first kappa shape index (κ1) is 11.9. The molecule has 0 saturated carbocycles. The van der Waals surface area contributed by atoms with Gasteiger partial charge in [-0.25, -0.2) is 0 Å². The van der Waals surface area contributed by atoms with Crippen LogP contribution in [0, 0.1) is 0 Å². The molecule has 4 rings (SSSR count). The Hall–Kier alpha value is -1.86. The molecule has 0 aliphatic heterocycles. The zero-order valence-electron chi connectivity index (χ0n) is 10.9. The summed E-state index contributed by atoms with van der Waals surface area (Å²) in [5.74, 6) is 0.355. The summed E-state index contributed by atoms with van der Waals surface area (Å²) in [6.45, 7) is 0. The van der Waals surface area contributed by atoms with E-state index in [0.717, 1.165) is 0 Å². The van der Waals surface area contributed by atoms with Crippen LogP contribution in [0.15, 0.2) is 71.2 Å². The van der Waals surface area contributed by atoms with Crippen LogP contribution in [0.25, 0.3) is 16.8 Å². The van der Waals surface area contributed by atoms with Crippen LogP contribution in [0.2, 0.25) is 0 Å². The molecular formula is C19H13Br. The highest BCUT2D eigenvalue weighted by Gasteiger charge is 2.20. The van der Waals surface area contributed by atoms with Crippen LogP contribution < -0.4 is 0 Å². The molecule has 3 aromatic rings. The van der Waals surface area contributed by atoms with Gasteiger partial charge in [-0.15, -0.1) is 0 Å². The van der Waals surface area contributed by atoms with Gasteiger partial charge in [-0.05, 0) is 33.5 Å². The summed E-state index contributed by atoms with van der Waals surface area (Å²) in [5.41, 5.74) is 4.11. The largest absolute Gasteiger partial charge is 0.0720 e. The molecule has 0 saturated heterocycles. The molecule has 0 N–H and O–H groups in total. The van der Waals surface area contributed by atoms with Gasteiger partial charge >= 0.3 is 0 Å². The first-order valence-electron chi connectivity index (χ1n) is 6.79. The van der Waals surface area contributed by atoms with Gasteiger partial charge in [0.15, 0.2) is 0 Å². The maximum absolute atomic E-state index is 3.71. The molecule has 96 valence electrons. The molecule has 1 aliphatic rings. The Kier molecular flexibility index (Phi) is 2.75. The Labute approximate surface area is 126 Å². The van der Waals surface area contributed by atoms with Crippen molar-refractivity contribution in [1.29, 1.82) is 0 Å². The maximum Gasteiger partial charge on any atom is 0.0285 e. The third-order valence-electron chi connectivity index (χ3n) is 4.02. The Balaban J connectivity index is 1.99. The van der Waals surface area contributed by atoms with E-state index in [0.29, 0.717) is 5.92 Å². The van der Waals surface area contributed by atoms with Crippen LogP contribution in [0.4, 0.5) is 0 Å². The predicted molar refractivity (Wildman–Crippen MR) is 89.0 cm³/mol. The van der Waals surface area contributed by atoms with Crippen molar-refractivity contribution in [3.05, 3.63) is 87.9 Å². The van der Waals surface area contributed by atoms with Crippen molar-refractivity contribution < 1.29 is 0 Å². The summed E-state index contributed by atoms with van der Waals surface area (Å²) >= 11 is 3.71. The Morgan fingerprint density at radius 1 is 0.750 bits per heavy atom. The number of hydrogen-bond donors (Lipinski definition) is 0. The normalized spacial score (nSPS) is 16.6. The average molecular weight is 321 g/mol. The fraction of sp³-hybridized carbons (Fsp3) is 0.0526. The highest BCUT2D eigenvalue weighted by atomic mass is 79.9. The topological polar surface area (TPSA) is 0 Å². The van der Waals surface area contributed by atoms with Crippen molar-refractivity contribution >= 4 is 32.8 Å². The van der Waals surface area contributed by atoms with E-state index in [1.165, 1.54) is 31.9 Å². The van der Waals surface area contributed by atoms with Crippen molar-refractivity contribution in [3.8, 4) is 0 Å². The summed E-state index contributed by atoms with van der Waals surface area (Å²) in [5, 5.41) is 2.61. The van der Waals surface area contributed by atoms with E-state index in [2.05, 4.69) is 88.7 Å². The maximum atomic E-state index is 3.71. The number of rotatable bonds is 1. The number of fused-ring (bicyclic) bond motifs is 2. The molecule has 20 heavy (non-hydrogen) atoms. The first-order valence-corrected chi connectivity index (χ1v) is 7.58. The van der Waals surface area contributed by atoms with Crippen LogP contribution in [-0.4, -0.2) is 0 Å². The highest BCUT2D eigenvalue weighted by Crippen LogP contribution is 2.40. The van der Waals surface area contributed by atoms with Gasteiger partial charge in [0, 0.05) is 10.4 Å². The monoisotopic (exact) mass is 320 g/mol. The molecular weight excluding hydrogens is 308 g/mol. The lowest BCUT2D eigenvalue weighted by Crippen LogP contribution is -1.97. The highest BCUT2D eigenvalue weighted by molar-refractivity contribution is 9.10. The SMILES string of the molecule is Brc1cccc2cccc(C3C=Cc4ccccc43)c12. The second-order valence-corrected chi connectivity index (χ2v) is 6.01. The second kappa shape index (κ2) is 4.60. The Morgan fingerprint density at radius 2 is 1.50 bits per heavy atom. The molecule has 0 nitrogen and oxygen atoms in total. The van der Waals surface area contributed by atoms with Crippen LogP contribution in [0.5, 0.6) is 0 Å². The van der Waals surface area contributed by atoms with E-state index in [-0.39, 0.29) is 0 Å². The molecule has 1 aliphatic carbocycles. The zero-order valence-corrected chi connectivity index (χ0v) is 12.5. The first-order chi connectivity index (χ1) is 9.84. The van der Waals surface area contributed by atoms with Crippen LogP contribution in [-0.2, 0) is 0 Å². The van der Waals surface area contributed by atoms with Gasteiger partial charge in [0.2, 0.25) is 0 Å². The lowest BCUT2D eigenvalue weighted by atomic mass is 9.89.